The van der Waals surface area contributed by atoms with E-state index in [1.807, 2.05) is 18.2 Å². The molecule has 0 aliphatic carbocycles. The number of aryl methyl sites for hydroxylation is 7. The van der Waals surface area contributed by atoms with Crippen molar-refractivity contribution in [2.75, 3.05) is 0 Å². The van der Waals surface area contributed by atoms with Gasteiger partial charge in [0.2, 0.25) is 35.0 Å². The van der Waals surface area contributed by atoms with Crippen LogP contribution in [0, 0.1) is 54.5 Å². The van der Waals surface area contributed by atoms with Crippen molar-refractivity contribution in [1.29, 1.82) is 0 Å². The summed E-state index contributed by atoms with van der Waals surface area (Å²) in [6, 6.07) is 25.3. The van der Waals surface area contributed by atoms with Crippen LogP contribution in [0.4, 0.5) is 0 Å². The van der Waals surface area contributed by atoms with E-state index < -0.39 is 42.7 Å². The van der Waals surface area contributed by atoms with Crippen LogP contribution in [0.25, 0.3) is 57.3 Å². The van der Waals surface area contributed by atoms with Gasteiger partial charge >= 0.3 is 99.3 Å². The SMILES string of the molecule is Cc1nnc(-c2c[c-]cc(S(=O)(=O)[O-])c2)nn1.Cc1nnc(-c2ccc(C(N)=O)cc2)nn1.Cc1nnc(-c2ccc(S(=O)(=O)[O-])cc2)nn1.Cc1nnc(-c2ccccn2)nn1.Cc1nnc(-c2ncccn2)nn1.Cc1nnc(C(N)=O)nn1.Cc1nncnn1.O=S(=O)=O.[Na+].[Na+].[Na+]. The van der Waals surface area contributed by atoms with Crippen LogP contribution >= 0.6 is 0 Å². The van der Waals surface area contributed by atoms with E-state index >= 15 is 0 Å². The van der Waals surface area contributed by atoms with Crippen molar-refractivity contribution in [3.05, 3.63) is 174 Å². The first-order valence-electron chi connectivity index (χ1n) is 26.0. The average molecular weight is 1450 g/mol. The zero-order valence-corrected chi connectivity index (χ0v) is 62.2. The normalized spacial score (nSPS) is 9.85. The summed E-state index contributed by atoms with van der Waals surface area (Å²) in [4.78, 5) is 32.5. The minimum Gasteiger partial charge on any atom is -0.754 e. The van der Waals surface area contributed by atoms with Crippen molar-refractivity contribution >= 4 is 42.7 Å². The summed E-state index contributed by atoms with van der Waals surface area (Å²) in [7, 11) is -12.1. The van der Waals surface area contributed by atoms with Crippen LogP contribution in [0.1, 0.15) is 61.7 Å². The summed E-state index contributed by atoms with van der Waals surface area (Å²) in [5, 5.41) is 103. The molecule has 0 saturated carbocycles. The monoisotopic (exact) mass is 1450 g/mol. The molecular weight excluding hydrogens is 1400 g/mol. The van der Waals surface area contributed by atoms with Crippen molar-refractivity contribution in [3.8, 4) is 57.3 Å². The number of carbonyl (C=O) groups is 2. The molecule has 0 atom stereocenters. The van der Waals surface area contributed by atoms with Gasteiger partial charge in [-0.25, -0.2) is 18.4 Å². The van der Waals surface area contributed by atoms with Gasteiger partial charge in [-0.1, -0.05) is 28.7 Å². The molecule has 50 heteroatoms. The smallest absolute Gasteiger partial charge is 0.754 e. The number of rotatable bonds is 9. The van der Waals surface area contributed by atoms with Crippen molar-refractivity contribution in [3.63, 3.8) is 0 Å². The van der Waals surface area contributed by atoms with Gasteiger partial charge in [-0.2, -0.15) is 18.2 Å². The molecular formula is C50H44N33Na3O11S3. The molecule has 0 fully saturated rings. The average Bonchev–Trinajstić information content (AvgIpc) is 0.851. The number of aromatic nitrogens is 31. The molecule has 2 amide bonds. The number of hydrogen-bond acceptors (Lipinski definition) is 42. The third-order valence-electron chi connectivity index (χ3n) is 10.00. The molecule has 0 bridgehead atoms. The predicted molar refractivity (Wildman–Crippen MR) is 319 cm³/mol. The van der Waals surface area contributed by atoms with Crippen molar-refractivity contribution < 1.29 is 137 Å². The number of nitrogens with zero attached hydrogens (tertiary/aromatic N) is 31. The number of pyridine rings is 1. The first kappa shape index (κ1) is 85.9. The van der Waals surface area contributed by atoms with Gasteiger partial charge in [-0.05, 0) is 103 Å². The van der Waals surface area contributed by atoms with E-state index in [0.717, 1.165) is 17.7 Å². The fourth-order valence-corrected chi connectivity index (χ4v) is 6.72. The van der Waals surface area contributed by atoms with Gasteiger partial charge in [0.25, 0.3) is 11.7 Å². The van der Waals surface area contributed by atoms with Crippen LogP contribution < -0.4 is 100 Å². The second-order valence-electron chi connectivity index (χ2n) is 17.4. The van der Waals surface area contributed by atoms with Crippen LogP contribution in [0.2, 0.25) is 0 Å². The summed E-state index contributed by atoms with van der Waals surface area (Å²) in [6.45, 7) is 11.8. The van der Waals surface area contributed by atoms with E-state index in [1.165, 1.54) is 36.7 Å². The zero-order chi connectivity index (χ0) is 70.9. The Bertz CT molecular complexity index is 4720. The quantitative estimate of drug-likeness (QED) is 0.0770. The summed E-state index contributed by atoms with van der Waals surface area (Å²) >= 11 is 0. The van der Waals surface area contributed by atoms with Gasteiger partial charge in [-0.15, -0.1) is 161 Å². The van der Waals surface area contributed by atoms with E-state index in [-0.39, 0.29) is 116 Å². The molecule has 12 aromatic rings. The third kappa shape index (κ3) is 32.0. The topological polar surface area (TPSA) is 651 Å². The number of hydrogen-bond donors (Lipinski definition) is 2. The zero-order valence-electron chi connectivity index (χ0n) is 53.7. The Kier molecular flexibility index (Phi) is 37.8. The summed E-state index contributed by atoms with van der Waals surface area (Å²) in [6.07, 6.45) is 6.21. The fraction of sp³-hybridized carbons (Fsp3) is 0.140. The van der Waals surface area contributed by atoms with E-state index in [9.17, 15) is 35.5 Å². The van der Waals surface area contributed by atoms with E-state index in [2.05, 4.69) is 164 Å². The molecule has 4 N–H and O–H groups in total. The number of primary amides is 2. The van der Waals surface area contributed by atoms with E-state index in [4.69, 9.17) is 24.1 Å². The Balaban J connectivity index is 0.000000396. The number of nitrogens with two attached hydrogens (primary N) is 2. The fourth-order valence-electron chi connectivity index (χ4n) is 5.76. The second-order valence-corrected chi connectivity index (χ2v) is 20.6. The van der Waals surface area contributed by atoms with Crippen LogP contribution in [0.15, 0.2) is 126 Å². The maximum Gasteiger partial charge on any atom is 1.00 e. The molecule has 9 heterocycles. The van der Waals surface area contributed by atoms with Crippen molar-refractivity contribution in [1.82, 2.24) is 158 Å². The van der Waals surface area contributed by atoms with Crippen molar-refractivity contribution in [2.24, 2.45) is 11.5 Å². The van der Waals surface area contributed by atoms with Gasteiger partial charge in [-0.3, -0.25) is 23.0 Å². The molecule has 0 saturated heterocycles. The molecule has 100 heavy (non-hydrogen) atoms. The number of amides is 2. The second kappa shape index (κ2) is 44.0. The minimum atomic E-state index is -4.52. The Morgan fingerprint density at radius 2 is 0.730 bits per heavy atom. The van der Waals surface area contributed by atoms with Gasteiger partial charge in [0.1, 0.15) is 21.6 Å². The van der Waals surface area contributed by atoms with Crippen molar-refractivity contribution in [2.45, 2.75) is 58.3 Å². The molecule has 44 nitrogen and oxygen atoms in total. The van der Waals surface area contributed by atoms with E-state index in [0.29, 0.717) is 86.5 Å². The Morgan fingerprint density at radius 3 is 1.08 bits per heavy atom. The first-order chi connectivity index (χ1) is 46.1. The van der Waals surface area contributed by atoms with Crippen LogP contribution in [0.3, 0.4) is 0 Å². The van der Waals surface area contributed by atoms with Gasteiger partial charge in [0.05, 0.1) is 15.0 Å². The molecule has 0 unspecified atom stereocenters. The van der Waals surface area contributed by atoms with Crippen LogP contribution in [-0.2, 0) is 30.8 Å². The van der Waals surface area contributed by atoms with Gasteiger partial charge in [0.15, 0.2) is 47.1 Å². The predicted octanol–water partition coefficient (Wildman–Crippen LogP) is -10.6. The third-order valence-corrected chi connectivity index (χ3v) is 11.7. The Labute approximate surface area is 632 Å². The minimum absolute atomic E-state index is 0. The molecule has 0 aliphatic rings. The van der Waals surface area contributed by atoms with E-state index in [1.54, 1.807) is 97.4 Å². The summed E-state index contributed by atoms with van der Waals surface area (Å²) in [5.74, 6) is 4.13. The molecule has 0 spiro atoms. The molecule has 9 aromatic heterocycles. The number of benzene rings is 3. The Hall–Kier alpha value is -10.1. The van der Waals surface area contributed by atoms with Crippen LogP contribution in [-0.4, -0.2) is 208 Å². The summed E-state index contributed by atoms with van der Waals surface area (Å²) < 4.78 is 89.9. The maximum absolute atomic E-state index is 10.9. The standard InChI is InChI=1S/C10H9N5O.C9H8N4O3S.C9H7N4O3S.C8H7N5.C7H6N6.C4H5N5O.C3H4N4.3Na.O3S/c1-6-12-14-10(15-13-6)8-4-2-7(3-5-8)9(11)16;1-6-10-12-9(13-11-6)7-2-4-8(5-3-7)17(14,15)16;1-6-10-12-9(13-11-6)7-3-2-4-8(5-7)17(14,15)16;1-6-10-12-8(13-11-6)7-4-2-3-5-9-7;1-5-10-12-7(13-11-5)6-8-3-2-4-9-6;1-2-6-8-4(3(5)10)9-7-2;1-3-6-4-2-5-7-3;;;;1-4(2)3/h2-5H,1H3,(H2,11,16);2-5H,1H3,(H,14,15,16);3-5H,1H3,(H,14,15,16);2-5H,1H3;2-4H,1H3;1H3,(H2,5,10);2H,1H3;;;;/q;;-1;;;;;3*+1;/p-2. The van der Waals surface area contributed by atoms with Crippen LogP contribution in [0.5, 0.6) is 0 Å². The summed E-state index contributed by atoms with van der Waals surface area (Å²) in [5.41, 5.74) is 12.7. The molecule has 3 aromatic carbocycles. The first-order valence-corrected chi connectivity index (χ1v) is 29.9. The maximum atomic E-state index is 10.9. The molecule has 496 valence electrons. The largest absolute Gasteiger partial charge is 1.00 e. The number of carbonyl (C=O) groups excluding carboxylic acids is 2. The Morgan fingerprint density at radius 1 is 0.380 bits per heavy atom. The molecule has 0 radical (unpaired) electrons. The van der Waals surface area contributed by atoms with Gasteiger partial charge < -0.3 is 20.6 Å². The molecule has 12 rings (SSSR count). The van der Waals surface area contributed by atoms with Gasteiger partial charge in [0, 0.05) is 35.3 Å². The molecule has 0 aliphatic heterocycles.